The maximum atomic E-state index is 12.8. The highest BCUT2D eigenvalue weighted by atomic mass is 16.7. The van der Waals surface area contributed by atoms with Crippen molar-refractivity contribution in [1.82, 2.24) is 10.2 Å². The monoisotopic (exact) mass is 392 g/mol. The number of hydrazone groups is 1. The third-order valence-corrected chi connectivity index (χ3v) is 3.86. The van der Waals surface area contributed by atoms with E-state index in [4.69, 9.17) is 9.47 Å². The van der Waals surface area contributed by atoms with Crippen LogP contribution in [0.25, 0.3) is 0 Å². The number of hydrogen-bond donors (Lipinski definition) is 2. The fourth-order valence-corrected chi connectivity index (χ4v) is 2.53. The average molecular weight is 393 g/mol. The van der Waals surface area contributed by atoms with E-state index in [1.165, 1.54) is 19.1 Å². The first kappa shape index (κ1) is 23.6. The van der Waals surface area contributed by atoms with Gasteiger partial charge in [0.05, 0.1) is 12.2 Å². The fraction of sp³-hybridized carbons (Fsp3) is 0.550. The van der Waals surface area contributed by atoms with Crippen LogP contribution in [0.15, 0.2) is 35.4 Å². The molecular weight excluding hydrogens is 360 g/mol. The van der Waals surface area contributed by atoms with Gasteiger partial charge in [-0.05, 0) is 39.3 Å². The van der Waals surface area contributed by atoms with Crippen LogP contribution in [0.1, 0.15) is 34.1 Å². The van der Waals surface area contributed by atoms with Gasteiger partial charge in [-0.25, -0.2) is 0 Å². The van der Waals surface area contributed by atoms with Crippen LogP contribution in [0.2, 0.25) is 0 Å². The minimum absolute atomic E-state index is 0.0965. The Kier molecular flexibility index (Phi) is 9.61. The molecule has 1 atom stereocenters. The Morgan fingerprint density at radius 2 is 1.79 bits per heavy atom. The van der Waals surface area contributed by atoms with Gasteiger partial charge in [0.1, 0.15) is 12.3 Å². The smallest absolute Gasteiger partial charge is 0.267 e. The average Bonchev–Trinajstić information content (AvgIpc) is 2.64. The van der Waals surface area contributed by atoms with E-state index in [1.807, 2.05) is 58.0 Å². The fourth-order valence-electron chi connectivity index (χ4n) is 2.53. The predicted octanol–water partition coefficient (Wildman–Crippen LogP) is 2.23. The molecule has 0 saturated heterocycles. The van der Waals surface area contributed by atoms with Crippen LogP contribution in [-0.2, 0) is 19.1 Å². The molecule has 0 radical (unpaired) electrons. The Labute approximate surface area is 167 Å². The number of rotatable bonds is 10. The molecule has 156 valence electrons. The number of amides is 2. The number of hydrogen-bond acceptors (Lipinski definition) is 6. The number of ether oxygens (including phenoxy) is 2. The van der Waals surface area contributed by atoms with Gasteiger partial charge in [0.2, 0.25) is 5.91 Å². The van der Waals surface area contributed by atoms with Gasteiger partial charge >= 0.3 is 0 Å². The molecule has 2 N–H and O–H groups in total. The molecule has 28 heavy (non-hydrogen) atoms. The van der Waals surface area contributed by atoms with Crippen molar-refractivity contribution in [2.24, 2.45) is 5.10 Å². The van der Waals surface area contributed by atoms with Crippen LogP contribution in [0.3, 0.4) is 0 Å². The Morgan fingerprint density at radius 3 is 2.29 bits per heavy atom. The number of carbonyl (C=O) groups is 2. The zero-order valence-corrected chi connectivity index (χ0v) is 17.6. The first-order valence-corrected chi connectivity index (χ1v) is 9.24. The van der Waals surface area contributed by atoms with Crippen molar-refractivity contribution in [2.75, 3.05) is 26.2 Å². The molecule has 0 heterocycles. The molecule has 1 aromatic rings. The minimum atomic E-state index is -0.678. The highest BCUT2D eigenvalue weighted by Crippen LogP contribution is 2.11. The molecule has 2 amide bonds. The lowest BCUT2D eigenvalue weighted by atomic mass is 10.1. The van der Waals surface area contributed by atoms with Gasteiger partial charge in [-0.3, -0.25) is 15.0 Å². The number of para-hydroxylation sites is 1. The Hall–Kier alpha value is -2.45. The molecule has 8 nitrogen and oxygen atoms in total. The lowest BCUT2D eigenvalue weighted by Gasteiger charge is -2.33. The lowest BCUT2D eigenvalue weighted by molar-refractivity contribution is -0.150. The van der Waals surface area contributed by atoms with Gasteiger partial charge in [-0.15, -0.1) is 0 Å². The third kappa shape index (κ3) is 8.06. The second kappa shape index (κ2) is 11.4. The summed E-state index contributed by atoms with van der Waals surface area (Å²) >= 11 is 0. The molecule has 0 fully saturated rings. The largest absolute Gasteiger partial charge is 0.354 e. The van der Waals surface area contributed by atoms with Crippen LogP contribution in [-0.4, -0.2) is 61.6 Å². The highest BCUT2D eigenvalue weighted by molar-refractivity contribution is 6.26. The van der Waals surface area contributed by atoms with E-state index in [2.05, 4.69) is 15.8 Å². The van der Waals surface area contributed by atoms with Gasteiger partial charge in [-0.1, -0.05) is 25.1 Å². The van der Waals surface area contributed by atoms with Crippen LogP contribution in [0.5, 0.6) is 0 Å². The zero-order chi connectivity index (χ0) is 21.2. The summed E-state index contributed by atoms with van der Waals surface area (Å²) in [6, 6.07) is 8.59. The van der Waals surface area contributed by atoms with E-state index in [1.54, 1.807) is 0 Å². The SMILES string of the molecule is CCC(C(=O)NC(C)(C)C)N(CC(OC)OC)C(=O)/C=N/Nc1ccccc1. The number of benzene rings is 1. The molecule has 1 unspecified atom stereocenters. The number of anilines is 1. The Balaban J connectivity index is 2.97. The summed E-state index contributed by atoms with van der Waals surface area (Å²) < 4.78 is 10.4. The van der Waals surface area contributed by atoms with Gasteiger partial charge in [-0.2, -0.15) is 5.10 Å². The third-order valence-electron chi connectivity index (χ3n) is 3.86. The first-order chi connectivity index (χ1) is 13.2. The van der Waals surface area contributed by atoms with Crippen LogP contribution in [0, 0.1) is 0 Å². The second-order valence-corrected chi connectivity index (χ2v) is 7.29. The van der Waals surface area contributed by atoms with Gasteiger partial charge in [0, 0.05) is 19.8 Å². The molecule has 1 aromatic carbocycles. The van der Waals surface area contributed by atoms with E-state index in [0.717, 1.165) is 11.9 Å². The molecule has 1 rings (SSSR count). The molecule has 0 aromatic heterocycles. The Morgan fingerprint density at radius 1 is 1.18 bits per heavy atom. The van der Waals surface area contributed by atoms with Crippen molar-refractivity contribution in [3.8, 4) is 0 Å². The normalized spacial score (nSPS) is 12.8. The molecule has 0 saturated carbocycles. The number of nitrogens with zero attached hydrogens (tertiary/aromatic N) is 2. The number of nitrogens with one attached hydrogen (secondary N) is 2. The molecule has 0 aliphatic carbocycles. The van der Waals surface area contributed by atoms with E-state index in [-0.39, 0.29) is 12.5 Å². The molecule has 0 aliphatic heterocycles. The minimum Gasteiger partial charge on any atom is -0.354 e. The summed E-state index contributed by atoms with van der Waals surface area (Å²) in [7, 11) is 2.97. The zero-order valence-electron chi connectivity index (χ0n) is 17.6. The number of methoxy groups -OCH3 is 2. The van der Waals surface area contributed by atoms with Crippen molar-refractivity contribution in [3.05, 3.63) is 30.3 Å². The highest BCUT2D eigenvalue weighted by Gasteiger charge is 2.31. The van der Waals surface area contributed by atoms with Crippen molar-refractivity contribution >= 4 is 23.7 Å². The summed E-state index contributed by atoms with van der Waals surface area (Å²) in [4.78, 5) is 27.0. The molecule has 8 heteroatoms. The van der Waals surface area contributed by atoms with Crippen LogP contribution < -0.4 is 10.7 Å². The van der Waals surface area contributed by atoms with Crippen molar-refractivity contribution < 1.29 is 19.1 Å². The predicted molar refractivity (Wildman–Crippen MR) is 110 cm³/mol. The van der Waals surface area contributed by atoms with E-state index in [9.17, 15) is 9.59 Å². The summed E-state index contributed by atoms with van der Waals surface area (Å²) in [6.45, 7) is 7.62. The van der Waals surface area contributed by atoms with Crippen LogP contribution in [0.4, 0.5) is 5.69 Å². The topological polar surface area (TPSA) is 92.3 Å². The first-order valence-electron chi connectivity index (χ1n) is 9.24. The molecule has 0 spiro atoms. The van der Waals surface area contributed by atoms with E-state index < -0.39 is 23.8 Å². The second-order valence-electron chi connectivity index (χ2n) is 7.29. The van der Waals surface area contributed by atoms with Crippen molar-refractivity contribution in [3.63, 3.8) is 0 Å². The number of carbonyl (C=O) groups excluding carboxylic acids is 2. The quantitative estimate of drug-likeness (QED) is 0.362. The molecule has 0 aliphatic rings. The summed E-state index contributed by atoms with van der Waals surface area (Å²) in [6.07, 6.45) is 0.937. The molecule has 0 bridgehead atoms. The Bertz CT molecular complexity index is 639. The standard InChI is InChI=1S/C20H32N4O4/c1-7-16(19(26)22-20(2,3)4)24(14-18(27-5)28-6)17(25)13-21-23-15-11-9-8-10-12-15/h8-13,16,18,23H,7,14H2,1-6H3,(H,22,26)/b21-13+. The van der Waals surface area contributed by atoms with E-state index >= 15 is 0 Å². The van der Waals surface area contributed by atoms with Crippen LogP contribution >= 0.6 is 0 Å². The lowest BCUT2D eigenvalue weighted by Crippen LogP contribution is -2.55. The van der Waals surface area contributed by atoms with Gasteiger partial charge in [0.25, 0.3) is 5.91 Å². The van der Waals surface area contributed by atoms with Crippen molar-refractivity contribution in [2.45, 2.75) is 52.0 Å². The van der Waals surface area contributed by atoms with Gasteiger partial charge in [0.15, 0.2) is 6.29 Å². The maximum Gasteiger partial charge on any atom is 0.267 e. The maximum absolute atomic E-state index is 12.8. The summed E-state index contributed by atoms with van der Waals surface area (Å²) in [5.74, 6) is -0.655. The summed E-state index contributed by atoms with van der Waals surface area (Å²) in [5, 5.41) is 6.91. The van der Waals surface area contributed by atoms with Crippen molar-refractivity contribution in [1.29, 1.82) is 0 Å². The van der Waals surface area contributed by atoms with Gasteiger partial charge < -0.3 is 19.7 Å². The van der Waals surface area contributed by atoms with E-state index in [0.29, 0.717) is 6.42 Å². The summed E-state index contributed by atoms with van der Waals surface area (Å²) in [5.41, 5.74) is 3.13. The molecular formula is C20H32N4O4.